The predicted molar refractivity (Wildman–Crippen MR) is 39.7 cm³/mol. The molecular weight excluding hydrogens is 200 g/mol. The molecule has 4 N–H and O–H groups in total. The number of aromatic nitrogens is 2. The van der Waals surface area contributed by atoms with Gasteiger partial charge in [0.25, 0.3) is 0 Å². The van der Waals surface area contributed by atoms with Crippen molar-refractivity contribution in [2.45, 2.75) is 0 Å². The molecule has 0 amide bonds. The molecule has 1 heterocycles. The Morgan fingerprint density at radius 3 is 2.70 bits per heavy atom. The summed E-state index contributed by atoms with van der Waals surface area (Å²) in [5, 5.41) is 10.8. The minimum atomic E-state index is -0.152. The van der Waals surface area contributed by atoms with Gasteiger partial charge in [-0.1, -0.05) is 0 Å². The van der Waals surface area contributed by atoms with Crippen molar-refractivity contribution in [1.82, 2.24) is 4.98 Å². The molecule has 0 saturated heterocycles. The SMILES string of the molecule is Nc1ncc(Br)c(N)[n+]1[O-]. The van der Waals surface area contributed by atoms with E-state index in [9.17, 15) is 5.21 Å². The summed E-state index contributed by atoms with van der Waals surface area (Å²) in [6.07, 6.45) is 1.37. The number of hydrogen-bond acceptors (Lipinski definition) is 4. The molecule has 0 aromatic carbocycles. The highest BCUT2D eigenvalue weighted by Gasteiger charge is 2.04. The fourth-order valence-electron chi connectivity index (χ4n) is 0.462. The first-order valence-corrected chi connectivity index (χ1v) is 3.21. The van der Waals surface area contributed by atoms with E-state index >= 15 is 0 Å². The molecule has 5 nitrogen and oxygen atoms in total. The number of halogens is 1. The Hall–Kier alpha value is -1.04. The summed E-state index contributed by atoms with van der Waals surface area (Å²) in [6.45, 7) is 0. The van der Waals surface area contributed by atoms with Gasteiger partial charge in [-0.05, 0) is 15.9 Å². The summed E-state index contributed by atoms with van der Waals surface area (Å²) in [6, 6.07) is 0. The first kappa shape index (κ1) is 7.07. The number of hydrogen-bond donors (Lipinski definition) is 2. The van der Waals surface area contributed by atoms with Crippen molar-refractivity contribution in [2.75, 3.05) is 11.5 Å². The quantitative estimate of drug-likeness (QED) is 0.446. The van der Waals surface area contributed by atoms with Crippen LogP contribution in [0.15, 0.2) is 10.7 Å². The van der Waals surface area contributed by atoms with E-state index in [1.165, 1.54) is 6.20 Å². The van der Waals surface area contributed by atoms with Gasteiger partial charge < -0.3 is 16.7 Å². The summed E-state index contributed by atoms with van der Waals surface area (Å²) in [5.74, 6) is -0.131. The third-order valence-corrected chi connectivity index (χ3v) is 1.59. The van der Waals surface area contributed by atoms with E-state index < -0.39 is 0 Å². The largest absolute Gasteiger partial charge is 0.754 e. The van der Waals surface area contributed by atoms with Gasteiger partial charge in [0.2, 0.25) is 5.82 Å². The Morgan fingerprint density at radius 1 is 1.60 bits per heavy atom. The maximum absolute atomic E-state index is 10.8. The van der Waals surface area contributed by atoms with Crippen LogP contribution in [0.5, 0.6) is 0 Å². The minimum Gasteiger partial charge on any atom is -0.754 e. The summed E-state index contributed by atoms with van der Waals surface area (Å²) in [7, 11) is 0. The predicted octanol–water partition coefficient (Wildman–Crippen LogP) is -0.358. The van der Waals surface area contributed by atoms with Gasteiger partial charge in [0.1, 0.15) is 10.7 Å². The zero-order valence-corrected chi connectivity index (χ0v) is 6.50. The lowest BCUT2D eigenvalue weighted by molar-refractivity contribution is -0.577. The van der Waals surface area contributed by atoms with Crippen molar-refractivity contribution in [2.24, 2.45) is 0 Å². The van der Waals surface area contributed by atoms with Crippen LogP contribution in [0.4, 0.5) is 11.8 Å². The van der Waals surface area contributed by atoms with Gasteiger partial charge in [0.15, 0.2) is 0 Å². The Labute approximate surface area is 65.4 Å². The van der Waals surface area contributed by atoms with Crippen LogP contribution in [0.1, 0.15) is 0 Å². The fourth-order valence-corrected chi connectivity index (χ4v) is 0.725. The van der Waals surface area contributed by atoms with Crippen LogP contribution in [0.2, 0.25) is 0 Å². The number of rotatable bonds is 0. The summed E-state index contributed by atoms with van der Waals surface area (Å²) >= 11 is 3.02. The second kappa shape index (κ2) is 2.30. The molecule has 1 aromatic heterocycles. The van der Waals surface area contributed by atoms with Crippen LogP contribution in [0, 0.1) is 5.21 Å². The molecule has 6 heteroatoms. The normalized spacial score (nSPS) is 9.70. The van der Waals surface area contributed by atoms with Crippen LogP contribution in [0.3, 0.4) is 0 Å². The maximum atomic E-state index is 10.8. The molecule has 0 atom stereocenters. The molecule has 0 bridgehead atoms. The molecule has 0 fully saturated rings. The van der Waals surface area contributed by atoms with Crippen molar-refractivity contribution in [1.29, 1.82) is 0 Å². The Kier molecular flexibility index (Phi) is 1.62. The Balaban J connectivity index is 3.34. The molecule has 0 spiro atoms. The summed E-state index contributed by atoms with van der Waals surface area (Å²) in [5.41, 5.74) is 10.4. The third kappa shape index (κ3) is 0.971. The van der Waals surface area contributed by atoms with Gasteiger partial charge in [-0.15, -0.1) is 4.98 Å². The molecule has 54 valence electrons. The van der Waals surface area contributed by atoms with Crippen LogP contribution in [-0.2, 0) is 0 Å². The molecule has 1 rings (SSSR count). The first-order valence-electron chi connectivity index (χ1n) is 2.42. The monoisotopic (exact) mass is 204 g/mol. The number of nitrogens with two attached hydrogens (primary N) is 2. The van der Waals surface area contributed by atoms with Gasteiger partial charge >= 0.3 is 5.95 Å². The second-order valence-corrected chi connectivity index (χ2v) is 2.50. The smallest absolute Gasteiger partial charge is 0.344 e. The zero-order valence-electron chi connectivity index (χ0n) is 4.91. The van der Waals surface area contributed by atoms with E-state index in [2.05, 4.69) is 20.9 Å². The molecular formula is C4H5BrN4O. The molecule has 0 radical (unpaired) electrons. The van der Waals surface area contributed by atoms with Gasteiger partial charge in [0, 0.05) is 0 Å². The molecule has 0 aliphatic carbocycles. The number of nitrogens with zero attached hydrogens (tertiary/aromatic N) is 2. The second-order valence-electron chi connectivity index (χ2n) is 1.64. The molecule has 0 unspecified atom stereocenters. The van der Waals surface area contributed by atoms with E-state index in [1.54, 1.807) is 0 Å². The summed E-state index contributed by atoms with van der Waals surface area (Å²) in [4.78, 5) is 3.54. The zero-order chi connectivity index (χ0) is 7.72. The lowest BCUT2D eigenvalue weighted by Gasteiger charge is -2.08. The molecule has 10 heavy (non-hydrogen) atoms. The van der Waals surface area contributed by atoms with Gasteiger partial charge in [-0.2, -0.15) is 0 Å². The fraction of sp³-hybridized carbons (Fsp3) is 0. The van der Waals surface area contributed by atoms with Gasteiger partial charge in [-0.25, -0.2) is 4.73 Å². The van der Waals surface area contributed by atoms with Crippen molar-refractivity contribution in [3.05, 3.63) is 15.9 Å². The van der Waals surface area contributed by atoms with Crippen molar-refractivity contribution < 1.29 is 4.73 Å². The van der Waals surface area contributed by atoms with E-state index in [1.807, 2.05) is 0 Å². The van der Waals surface area contributed by atoms with Crippen molar-refractivity contribution in [3.8, 4) is 0 Å². The first-order chi connectivity index (χ1) is 4.63. The van der Waals surface area contributed by atoms with Crippen molar-refractivity contribution in [3.63, 3.8) is 0 Å². The van der Waals surface area contributed by atoms with E-state index in [4.69, 9.17) is 11.5 Å². The number of anilines is 2. The van der Waals surface area contributed by atoms with E-state index in [0.29, 0.717) is 9.20 Å². The minimum absolute atomic E-state index is 0.0208. The average Bonchev–Trinajstić information content (AvgIpc) is 1.93. The van der Waals surface area contributed by atoms with Gasteiger partial charge in [-0.3, -0.25) is 0 Å². The number of nitrogen functional groups attached to an aromatic ring is 2. The lowest BCUT2D eigenvalue weighted by Crippen LogP contribution is -2.35. The van der Waals surface area contributed by atoms with Crippen LogP contribution in [0.25, 0.3) is 0 Å². The van der Waals surface area contributed by atoms with Gasteiger partial charge in [0.05, 0.1) is 0 Å². The topological polar surface area (TPSA) is 91.9 Å². The molecule has 1 aromatic rings. The third-order valence-electron chi connectivity index (χ3n) is 0.982. The standard InChI is InChI=1S/C4H5BrN4O/c5-2-1-8-4(7)9(10)3(2)6/h1H,6H2,(H2,7,8). The molecule has 0 saturated carbocycles. The summed E-state index contributed by atoms with van der Waals surface area (Å²) < 4.78 is 0.793. The molecule has 0 aliphatic heterocycles. The Morgan fingerprint density at radius 2 is 2.20 bits per heavy atom. The van der Waals surface area contributed by atoms with Crippen LogP contribution >= 0.6 is 15.9 Å². The van der Waals surface area contributed by atoms with E-state index in [0.717, 1.165) is 0 Å². The highest BCUT2D eigenvalue weighted by atomic mass is 79.9. The lowest BCUT2D eigenvalue weighted by atomic mass is 10.6. The van der Waals surface area contributed by atoms with Crippen molar-refractivity contribution >= 4 is 27.7 Å². The average molecular weight is 205 g/mol. The Bertz CT molecular complexity index is 237. The highest BCUT2D eigenvalue weighted by molar-refractivity contribution is 9.10. The molecule has 0 aliphatic rings. The van der Waals surface area contributed by atoms with Crippen LogP contribution in [-0.4, -0.2) is 4.98 Å². The highest BCUT2D eigenvalue weighted by Crippen LogP contribution is 2.12. The maximum Gasteiger partial charge on any atom is 0.344 e. The van der Waals surface area contributed by atoms with E-state index in [-0.39, 0.29) is 11.8 Å². The van der Waals surface area contributed by atoms with Crippen LogP contribution < -0.4 is 16.2 Å².